The minimum Gasteiger partial charge on any atom is -0.289 e. The Morgan fingerprint density at radius 2 is 1.23 bits per heavy atom. The number of ketones is 1. The Morgan fingerprint density at radius 1 is 0.692 bits per heavy atom. The maximum absolute atomic E-state index is 13.0. The molecule has 0 bridgehead atoms. The summed E-state index contributed by atoms with van der Waals surface area (Å²) in [5.41, 5.74) is -4.82. The molecule has 26 heavy (non-hydrogen) atoms. The first-order valence-corrected chi connectivity index (χ1v) is 7.13. The van der Waals surface area contributed by atoms with E-state index in [0.717, 1.165) is 12.1 Å². The van der Waals surface area contributed by atoms with Gasteiger partial charge in [0.15, 0.2) is 17.2 Å². The van der Waals surface area contributed by atoms with Crippen molar-refractivity contribution in [3.05, 3.63) is 71.0 Å². The van der Waals surface area contributed by atoms with Crippen molar-refractivity contribution in [1.29, 1.82) is 0 Å². The summed E-state index contributed by atoms with van der Waals surface area (Å²) < 4.78 is 77.5. The Labute approximate surface area is 142 Å². The molecule has 3 nitrogen and oxygen atoms in total. The lowest BCUT2D eigenvalue weighted by atomic mass is 10.0. The van der Waals surface area contributed by atoms with E-state index < -0.39 is 40.6 Å². The molecule has 134 valence electrons. The third kappa shape index (κ3) is 3.37. The fraction of sp³-hybridized carbons (Fsp3) is 0.118. The molecule has 2 aromatic carbocycles. The highest BCUT2D eigenvalue weighted by Gasteiger charge is 2.46. The number of carbonyl (C=O) groups excluding carboxylic acids is 1. The number of alkyl halides is 6. The lowest BCUT2D eigenvalue weighted by Crippen LogP contribution is -2.20. The molecule has 9 heteroatoms. The molecule has 0 spiro atoms. The normalized spacial score (nSPS) is 12.4. The second-order valence-electron chi connectivity index (χ2n) is 5.31. The summed E-state index contributed by atoms with van der Waals surface area (Å²) in [4.78, 5) is 18.5. The maximum atomic E-state index is 13.0. The molecule has 0 atom stereocenters. The molecular weight excluding hydrogens is 362 g/mol. The highest BCUT2D eigenvalue weighted by molar-refractivity contribution is 6.10. The van der Waals surface area contributed by atoms with Crippen molar-refractivity contribution in [2.75, 3.05) is 0 Å². The summed E-state index contributed by atoms with van der Waals surface area (Å²) in [5.74, 6) is -0.497. The zero-order valence-electron chi connectivity index (χ0n) is 12.7. The molecule has 0 saturated carbocycles. The van der Waals surface area contributed by atoms with Gasteiger partial charge in [0.2, 0.25) is 0 Å². The second kappa shape index (κ2) is 6.08. The van der Waals surface area contributed by atoms with Crippen LogP contribution >= 0.6 is 0 Å². The molecule has 0 unspecified atom stereocenters. The molecule has 0 saturated heterocycles. The number of fused-ring (bicyclic) bond motifs is 1. The Morgan fingerprint density at radius 3 is 1.77 bits per heavy atom. The average Bonchev–Trinajstić information content (AvgIpc) is 2.58. The Bertz CT molecular complexity index is 980. The molecule has 0 fully saturated rings. The number of hydrogen-bond donors (Lipinski definition) is 0. The van der Waals surface area contributed by atoms with Crippen LogP contribution in [-0.4, -0.2) is 15.8 Å². The van der Waals surface area contributed by atoms with Gasteiger partial charge < -0.3 is 0 Å². The van der Waals surface area contributed by atoms with Gasteiger partial charge in [0, 0.05) is 11.1 Å². The number of nitrogens with zero attached hydrogens (tertiary/aromatic N) is 2. The molecule has 0 aliphatic carbocycles. The van der Waals surface area contributed by atoms with Crippen LogP contribution in [0.25, 0.3) is 11.0 Å². The van der Waals surface area contributed by atoms with Gasteiger partial charge in [0.05, 0.1) is 11.0 Å². The Hall–Kier alpha value is -2.97. The molecule has 3 aromatic rings. The first-order valence-electron chi connectivity index (χ1n) is 7.13. The molecule has 0 radical (unpaired) electrons. The molecular formula is C17H8F6N2O. The molecule has 3 rings (SSSR count). The van der Waals surface area contributed by atoms with Crippen LogP contribution in [0.4, 0.5) is 26.3 Å². The van der Waals surface area contributed by atoms with Crippen molar-refractivity contribution in [3.63, 3.8) is 0 Å². The van der Waals surface area contributed by atoms with E-state index in [1.54, 1.807) is 18.2 Å². The number of rotatable bonds is 2. The monoisotopic (exact) mass is 370 g/mol. The van der Waals surface area contributed by atoms with Gasteiger partial charge in [0.25, 0.3) is 0 Å². The van der Waals surface area contributed by atoms with Crippen molar-refractivity contribution >= 4 is 16.8 Å². The van der Waals surface area contributed by atoms with Crippen LogP contribution in [0.2, 0.25) is 0 Å². The van der Waals surface area contributed by atoms with Crippen LogP contribution in [-0.2, 0) is 12.4 Å². The fourth-order valence-corrected chi connectivity index (χ4v) is 2.35. The van der Waals surface area contributed by atoms with Crippen LogP contribution < -0.4 is 0 Å². The van der Waals surface area contributed by atoms with Gasteiger partial charge in [-0.3, -0.25) is 4.79 Å². The molecule has 0 aliphatic heterocycles. The molecule has 0 amide bonds. The lowest BCUT2D eigenvalue weighted by Gasteiger charge is -2.14. The van der Waals surface area contributed by atoms with E-state index in [2.05, 4.69) is 9.97 Å². The zero-order valence-corrected chi connectivity index (χ0v) is 12.7. The van der Waals surface area contributed by atoms with Crippen molar-refractivity contribution in [2.45, 2.75) is 12.4 Å². The van der Waals surface area contributed by atoms with E-state index in [-0.39, 0.29) is 11.1 Å². The highest BCUT2D eigenvalue weighted by atomic mass is 19.4. The number of carbonyl (C=O) groups is 1. The van der Waals surface area contributed by atoms with Gasteiger partial charge in [-0.1, -0.05) is 30.3 Å². The summed E-state index contributed by atoms with van der Waals surface area (Å²) in [6.45, 7) is 0. The summed E-state index contributed by atoms with van der Waals surface area (Å²) in [6, 6.07) is 11.1. The van der Waals surface area contributed by atoms with E-state index in [4.69, 9.17) is 0 Å². The summed E-state index contributed by atoms with van der Waals surface area (Å²) in [6.07, 6.45) is -10.7. The topological polar surface area (TPSA) is 42.9 Å². The first kappa shape index (κ1) is 17.8. The average molecular weight is 370 g/mol. The predicted octanol–water partition coefficient (Wildman–Crippen LogP) is 4.90. The summed E-state index contributed by atoms with van der Waals surface area (Å²) >= 11 is 0. The van der Waals surface area contributed by atoms with Crippen LogP contribution in [0.15, 0.2) is 48.5 Å². The standard InChI is InChI=1S/C17H8F6N2O/c18-16(19,20)14-15(17(21,22)23)25-12-8-10(6-7-11(12)24-14)13(26)9-4-2-1-3-5-9/h1-8H. The fourth-order valence-electron chi connectivity index (χ4n) is 2.35. The largest absolute Gasteiger partial charge is 0.435 e. The van der Waals surface area contributed by atoms with Gasteiger partial charge in [0.1, 0.15) is 0 Å². The zero-order chi connectivity index (χ0) is 19.1. The van der Waals surface area contributed by atoms with E-state index >= 15 is 0 Å². The van der Waals surface area contributed by atoms with Gasteiger partial charge in [-0.15, -0.1) is 0 Å². The Kier molecular flexibility index (Phi) is 4.17. The third-order valence-corrected chi connectivity index (χ3v) is 3.50. The highest BCUT2D eigenvalue weighted by Crippen LogP contribution is 2.38. The second-order valence-corrected chi connectivity index (χ2v) is 5.31. The maximum Gasteiger partial charge on any atom is 0.435 e. The van der Waals surface area contributed by atoms with Crippen molar-refractivity contribution in [3.8, 4) is 0 Å². The predicted molar refractivity (Wildman–Crippen MR) is 79.4 cm³/mol. The number of aromatic nitrogens is 2. The van der Waals surface area contributed by atoms with E-state index in [9.17, 15) is 31.1 Å². The van der Waals surface area contributed by atoms with Crippen molar-refractivity contribution in [2.24, 2.45) is 0 Å². The minimum absolute atomic E-state index is 0.00844. The lowest BCUT2D eigenvalue weighted by molar-refractivity contribution is -0.167. The summed E-state index contributed by atoms with van der Waals surface area (Å²) in [7, 11) is 0. The molecule has 0 aliphatic rings. The Balaban J connectivity index is 2.17. The third-order valence-electron chi connectivity index (χ3n) is 3.50. The molecule has 1 aromatic heterocycles. The number of hydrogen-bond acceptors (Lipinski definition) is 3. The smallest absolute Gasteiger partial charge is 0.289 e. The van der Waals surface area contributed by atoms with E-state index in [1.807, 2.05) is 0 Å². The van der Waals surface area contributed by atoms with Gasteiger partial charge in [-0.05, 0) is 18.2 Å². The van der Waals surface area contributed by atoms with Crippen LogP contribution in [0.3, 0.4) is 0 Å². The van der Waals surface area contributed by atoms with Crippen molar-refractivity contribution in [1.82, 2.24) is 9.97 Å². The van der Waals surface area contributed by atoms with Crippen LogP contribution in [0.5, 0.6) is 0 Å². The minimum atomic E-state index is -5.34. The SMILES string of the molecule is O=C(c1ccccc1)c1ccc2nc(C(F)(F)F)c(C(F)(F)F)nc2c1. The molecule has 1 heterocycles. The quantitative estimate of drug-likeness (QED) is 0.476. The van der Waals surface area contributed by atoms with E-state index in [0.29, 0.717) is 0 Å². The first-order chi connectivity index (χ1) is 12.1. The summed E-state index contributed by atoms with van der Waals surface area (Å²) in [5, 5.41) is 0. The number of benzene rings is 2. The van der Waals surface area contributed by atoms with Gasteiger partial charge in [-0.2, -0.15) is 26.3 Å². The molecule has 0 N–H and O–H groups in total. The van der Waals surface area contributed by atoms with Crippen molar-refractivity contribution < 1.29 is 31.1 Å². The van der Waals surface area contributed by atoms with Gasteiger partial charge in [-0.25, -0.2) is 9.97 Å². The number of halogens is 6. The van der Waals surface area contributed by atoms with Gasteiger partial charge >= 0.3 is 12.4 Å². The van der Waals surface area contributed by atoms with E-state index in [1.165, 1.54) is 18.2 Å². The van der Waals surface area contributed by atoms with Crippen LogP contribution in [0, 0.1) is 0 Å². The van der Waals surface area contributed by atoms with Crippen LogP contribution in [0.1, 0.15) is 27.3 Å².